The monoisotopic (exact) mass is 523 g/mol. The first-order valence-electron chi connectivity index (χ1n) is 12.8. The smallest absolute Gasteiger partial charge is 0.256 e. The van der Waals surface area contributed by atoms with Gasteiger partial charge in [0.25, 0.3) is 5.88 Å². The van der Waals surface area contributed by atoms with E-state index in [2.05, 4.69) is 47.4 Å². The number of aryl methyl sites for hydroxylation is 1. The average molecular weight is 524 g/mol. The van der Waals surface area contributed by atoms with Gasteiger partial charge in [0, 0.05) is 50.4 Å². The van der Waals surface area contributed by atoms with Gasteiger partial charge in [-0.05, 0) is 19.5 Å². The number of fused-ring (bicyclic) bond motifs is 1. The highest BCUT2D eigenvalue weighted by molar-refractivity contribution is 6.01. The van der Waals surface area contributed by atoms with Crippen LogP contribution in [0.5, 0.6) is 5.88 Å². The third kappa shape index (κ3) is 5.15. The Hall–Kier alpha value is -3.74. The number of ether oxygens (including phenoxy) is 1. The molecule has 2 atom stereocenters. The predicted molar refractivity (Wildman–Crippen MR) is 145 cm³/mol. The molecule has 202 valence electrons. The highest BCUT2D eigenvalue weighted by Crippen LogP contribution is 2.34. The van der Waals surface area contributed by atoms with Gasteiger partial charge in [-0.3, -0.25) is 9.58 Å². The van der Waals surface area contributed by atoms with E-state index >= 15 is 0 Å². The van der Waals surface area contributed by atoms with Crippen molar-refractivity contribution in [1.82, 2.24) is 34.5 Å². The minimum Gasteiger partial charge on any atom is -0.478 e. The van der Waals surface area contributed by atoms with Gasteiger partial charge in [0.05, 0.1) is 36.7 Å². The Labute approximate surface area is 220 Å². The normalized spacial score (nSPS) is 16.5. The topological polar surface area (TPSA) is 119 Å². The van der Waals surface area contributed by atoms with Crippen LogP contribution in [0.3, 0.4) is 0 Å². The predicted octanol–water partition coefficient (Wildman–Crippen LogP) is 3.01. The van der Waals surface area contributed by atoms with Crippen LogP contribution in [0.4, 0.5) is 21.7 Å². The molecule has 5 rings (SSSR count). The number of aromatic amines is 1. The molecular formula is C26H34FN9O2. The molecule has 4 aromatic rings. The van der Waals surface area contributed by atoms with Crippen LogP contribution < -0.4 is 15.4 Å². The van der Waals surface area contributed by atoms with Crippen molar-refractivity contribution in [1.29, 1.82) is 0 Å². The van der Waals surface area contributed by atoms with E-state index in [1.54, 1.807) is 24.1 Å². The van der Waals surface area contributed by atoms with Crippen LogP contribution in [0.2, 0.25) is 0 Å². The molecule has 4 heterocycles. The molecule has 4 N–H and O–H groups in total. The number of methoxy groups -OCH3 is 1. The van der Waals surface area contributed by atoms with Crippen LogP contribution in [0, 0.1) is 5.82 Å². The molecule has 12 heteroatoms. The minimum atomic E-state index is -0.776. The Bertz CT molecular complexity index is 1400. The van der Waals surface area contributed by atoms with Crippen LogP contribution in [-0.2, 0) is 7.05 Å². The number of hydrogen-bond donors (Lipinski definition) is 4. The van der Waals surface area contributed by atoms with Crippen molar-refractivity contribution >= 4 is 28.2 Å². The molecule has 0 spiro atoms. The van der Waals surface area contributed by atoms with Crippen molar-refractivity contribution < 1.29 is 14.2 Å². The zero-order chi connectivity index (χ0) is 26.8. The third-order valence-electron chi connectivity index (χ3n) is 7.14. The van der Waals surface area contributed by atoms with Crippen molar-refractivity contribution in [2.24, 2.45) is 7.05 Å². The minimum absolute atomic E-state index is 0.0731. The molecule has 0 amide bonds. The van der Waals surface area contributed by atoms with Gasteiger partial charge in [-0.2, -0.15) is 0 Å². The number of anilines is 3. The maximum atomic E-state index is 15.0. The first-order valence-corrected chi connectivity index (χ1v) is 12.8. The quantitative estimate of drug-likeness (QED) is 0.246. The average Bonchev–Trinajstić information content (AvgIpc) is 3.52. The molecule has 3 aromatic heterocycles. The number of aromatic nitrogens is 5. The van der Waals surface area contributed by atoms with E-state index in [4.69, 9.17) is 4.74 Å². The lowest BCUT2D eigenvalue weighted by atomic mass is 10.1. The summed E-state index contributed by atoms with van der Waals surface area (Å²) < 4.78 is 21.8. The molecule has 1 unspecified atom stereocenters. The van der Waals surface area contributed by atoms with Crippen LogP contribution >= 0.6 is 0 Å². The third-order valence-corrected chi connectivity index (χ3v) is 7.14. The number of halogens is 1. The number of nitrogens with zero attached hydrogens (tertiary/aromatic N) is 6. The van der Waals surface area contributed by atoms with E-state index in [0.717, 1.165) is 55.5 Å². The Morgan fingerprint density at radius 3 is 2.74 bits per heavy atom. The standard InChI is InChI=1S/C26H34FN9O2/c1-5-35-9-11-36(12-10-35)16(2)24(37)30-20-8-6-7-17-18(13-28-23(17)20)22-19(27)14-29-26(32-22)31-21-15-34(3)33-25(21)38-4/h6-8,13-16,24,28,30,37H,5,9-12H2,1-4H3,(H,29,31,32)/t16-,24?/m1/s1. The molecule has 1 saturated heterocycles. The van der Waals surface area contributed by atoms with E-state index < -0.39 is 12.0 Å². The van der Waals surface area contributed by atoms with Gasteiger partial charge >= 0.3 is 0 Å². The Morgan fingerprint density at radius 2 is 2.00 bits per heavy atom. The first kappa shape index (κ1) is 25.9. The molecule has 38 heavy (non-hydrogen) atoms. The fourth-order valence-electron chi connectivity index (χ4n) is 4.88. The largest absolute Gasteiger partial charge is 0.478 e. The Kier molecular flexibility index (Phi) is 7.45. The summed E-state index contributed by atoms with van der Waals surface area (Å²) in [6.07, 6.45) is 3.81. The summed E-state index contributed by atoms with van der Waals surface area (Å²) in [4.78, 5) is 16.5. The van der Waals surface area contributed by atoms with Crippen molar-refractivity contribution in [3.63, 3.8) is 0 Å². The van der Waals surface area contributed by atoms with Crippen molar-refractivity contribution in [3.8, 4) is 17.1 Å². The molecule has 0 aliphatic carbocycles. The second kappa shape index (κ2) is 10.9. The summed E-state index contributed by atoms with van der Waals surface area (Å²) in [6, 6.07) is 5.59. The number of hydrogen-bond acceptors (Lipinski definition) is 9. The van der Waals surface area contributed by atoms with Gasteiger partial charge in [0.2, 0.25) is 5.95 Å². The van der Waals surface area contributed by atoms with Gasteiger partial charge in [-0.15, -0.1) is 5.10 Å². The number of para-hydroxylation sites is 1. The lowest BCUT2D eigenvalue weighted by molar-refractivity contribution is 0.0408. The van der Waals surface area contributed by atoms with Gasteiger partial charge < -0.3 is 30.4 Å². The van der Waals surface area contributed by atoms with Gasteiger partial charge in [-0.1, -0.05) is 19.1 Å². The van der Waals surface area contributed by atoms with E-state index in [0.29, 0.717) is 17.1 Å². The number of likely N-dealkylation sites (N-methyl/N-ethyl adjacent to an activating group) is 1. The number of aliphatic hydroxyl groups excluding tert-OH is 1. The van der Waals surface area contributed by atoms with Crippen molar-refractivity contribution in [2.45, 2.75) is 26.1 Å². The Morgan fingerprint density at radius 1 is 1.21 bits per heavy atom. The summed E-state index contributed by atoms with van der Waals surface area (Å²) in [6.45, 7) is 9.07. The summed E-state index contributed by atoms with van der Waals surface area (Å²) >= 11 is 0. The summed E-state index contributed by atoms with van der Waals surface area (Å²) in [5, 5.41) is 22.3. The molecule has 0 saturated carbocycles. The van der Waals surface area contributed by atoms with Crippen LogP contribution in [0.15, 0.2) is 36.8 Å². The van der Waals surface area contributed by atoms with Crippen molar-refractivity contribution in [3.05, 3.63) is 42.6 Å². The van der Waals surface area contributed by atoms with E-state index in [1.807, 2.05) is 25.1 Å². The fourth-order valence-corrected chi connectivity index (χ4v) is 4.88. The van der Waals surface area contributed by atoms with Gasteiger partial charge in [0.1, 0.15) is 17.6 Å². The van der Waals surface area contributed by atoms with E-state index in [1.165, 1.54) is 7.11 Å². The molecule has 0 bridgehead atoms. The lowest BCUT2D eigenvalue weighted by Crippen LogP contribution is -2.53. The van der Waals surface area contributed by atoms with Crippen LogP contribution in [0.1, 0.15) is 13.8 Å². The van der Waals surface area contributed by atoms with E-state index in [-0.39, 0.29) is 17.7 Å². The van der Waals surface area contributed by atoms with Crippen molar-refractivity contribution in [2.75, 3.05) is 50.5 Å². The maximum Gasteiger partial charge on any atom is 0.256 e. The number of rotatable bonds is 9. The number of piperazine rings is 1. The Balaban J connectivity index is 1.38. The summed E-state index contributed by atoms with van der Waals surface area (Å²) in [5.74, 6) is 0.0430. The molecule has 1 aromatic carbocycles. The molecular weight excluding hydrogens is 489 g/mol. The number of H-pyrrole nitrogens is 1. The zero-order valence-electron chi connectivity index (χ0n) is 22.1. The number of aliphatic hydroxyl groups is 1. The SMILES string of the molecule is CCN1CCN([C@H](C)C(O)Nc2cccc3c(-c4nc(Nc5cn(C)nc5OC)ncc4F)c[nH]c23)CC1. The lowest BCUT2D eigenvalue weighted by Gasteiger charge is -2.39. The van der Waals surface area contributed by atoms with Crippen LogP contribution in [0.25, 0.3) is 22.2 Å². The highest BCUT2D eigenvalue weighted by Gasteiger charge is 2.26. The number of benzene rings is 1. The number of nitrogens with one attached hydrogen (secondary N) is 3. The fraction of sp³-hybridized carbons (Fsp3) is 0.423. The summed E-state index contributed by atoms with van der Waals surface area (Å²) in [7, 11) is 3.29. The van der Waals surface area contributed by atoms with Crippen LogP contribution in [-0.4, -0.2) is 91.7 Å². The molecule has 0 radical (unpaired) electrons. The van der Waals surface area contributed by atoms with Gasteiger partial charge in [-0.25, -0.2) is 14.4 Å². The molecule has 1 aliphatic rings. The molecule has 1 aliphatic heterocycles. The maximum absolute atomic E-state index is 15.0. The van der Waals surface area contributed by atoms with Gasteiger partial charge in [0.15, 0.2) is 5.82 Å². The second-order valence-corrected chi connectivity index (χ2v) is 9.47. The summed E-state index contributed by atoms with van der Waals surface area (Å²) in [5.41, 5.74) is 2.79. The zero-order valence-corrected chi connectivity index (χ0v) is 22.1. The molecule has 1 fully saturated rings. The highest BCUT2D eigenvalue weighted by atomic mass is 19.1. The van der Waals surface area contributed by atoms with E-state index in [9.17, 15) is 9.50 Å². The first-order chi connectivity index (χ1) is 18.4. The molecule has 11 nitrogen and oxygen atoms in total. The second-order valence-electron chi connectivity index (χ2n) is 9.47.